The molecule has 0 saturated heterocycles. The van der Waals surface area contributed by atoms with E-state index in [2.05, 4.69) is 4.98 Å². The van der Waals surface area contributed by atoms with Gasteiger partial charge in [-0.2, -0.15) is 0 Å². The van der Waals surface area contributed by atoms with Crippen LogP contribution in [-0.4, -0.2) is 11.7 Å². The molecule has 0 atom stereocenters. The summed E-state index contributed by atoms with van der Waals surface area (Å²) in [4.78, 5) is 13.9. The zero-order valence-corrected chi connectivity index (χ0v) is 9.68. The summed E-state index contributed by atoms with van der Waals surface area (Å²) >= 11 is 0. The Labute approximate surface area is 97.3 Å². The lowest BCUT2D eigenvalue weighted by Crippen LogP contribution is -2.20. The van der Waals surface area contributed by atoms with E-state index >= 15 is 0 Å². The van der Waals surface area contributed by atoms with Crippen molar-refractivity contribution in [2.45, 2.75) is 19.3 Å². The number of aromatic amines is 1. The van der Waals surface area contributed by atoms with E-state index < -0.39 is 23.5 Å². The topological polar surface area (TPSA) is 32.9 Å². The van der Waals surface area contributed by atoms with Crippen molar-refractivity contribution in [2.24, 2.45) is 0 Å². The average molecular weight is 237 g/mol. The zero-order valence-electron chi connectivity index (χ0n) is 9.68. The van der Waals surface area contributed by atoms with Crippen LogP contribution in [0.15, 0.2) is 29.2 Å². The number of rotatable bonds is 2. The van der Waals surface area contributed by atoms with Crippen LogP contribution in [0.4, 0.5) is 8.78 Å². The fourth-order valence-electron chi connectivity index (χ4n) is 1.75. The lowest BCUT2D eigenvalue weighted by atomic mass is 9.85. The van der Waals surface area contributed by atoms with Crippen molar-refractivity contribution in [3.63, 3.8) is 0 Å². The van der Waals surface area contributed by atoms with Crippen LogP contribution in [0.25, 0.3) is 10.8 Å². The molecule has 4 heteroatoms. The summed E-state index contributed by atoms with van der Waals surface area (Å²) in [6.45, 7) is 2.81. The number of benzene rings is 1. The monoisotopic (exact) mass is 237 g/mol. The first-order chi connectivity index (χ1) is 7.95. The highest BCUT2D eigenvalue weighted by Crippen LogP contribution is 2.27. The molecule has 0 fully saturated rings. The van der Waals surface area contributed by atoms with Crippen LogP contribution in [0.3, 0.4) is 0 Å². The Balaban J connectivity index is 2.77. The summed E-state index contributed by atoms with van der Waals surface area (Å²) in [6.07, 6.45) is 1.45. The Kier molecular flexibility index (Phi) is 2.73. The molecule has 0 spiro atoms. The van der Waals surface area contributed by atoms with Crippen molar-refractivity contribution in [3.8, 4) is 0 Å². The van der Waals surface area contributed by atoms with E-state index in [0.29, 0.717) is 10.9 Å². The molecule has 1 aromatic heterocycles. The number of hydrogen-bond donors (Lipinski definition) is 1. The molecule has 0 bridgehead atoms. The van der Waals surface area contributed by atoms with Crippen molar-refractivity contribution < 1.29 is 8.78 Å². The van der Waals surface area contributed by atoms with Gasteiger partial charge >= 0.3 is 0 Å². The standard InChI is InChI=1S/C13H13F2NO/c1-13(2,7-14)9-5-8-3-4-16-12(17)11(8)10(15)6-9/h3-6H,7H2,1-2H3,(H,16,17). The van der Waals surface area contributed by atoms with E-state index in [4.69, 9.17) is 0 Å². The average Bonchev–Trinajstić information content (AvgIpc) is 2.28. The lowest BCUT2D eigenvalue weighted by Gasteiger charge is -2.21. The fourth-order valence-corrected chi connectivity index (χ4v) is 1.75. The molecule has 0 saturated carbocycles. The van der Waals surface area contributed by atoms with E-state index in [1.807, 2.05) is 0 Å². The van der Waals surface area contributed by atoms with Gasteiger partial charge in [-0.1, -0.05) is 19.9 Å². The van der Waals surface area contributed by atoms with Crippen LogP contribution in [-0.2, 0) is 5.41 Å². The maximum atomic E-state index is 13.8. The summed E-state index contributed by atoms with van der Waals surface area (Å²) in [7, 11) is 0. The number of aromatic nitrogens is 1. The van der Waals surface area contributed by atoms with Gasteiger partial charge in [-0.25, -0.2) is 4.39 Å². The van der Waals surface area contributed by atoms with Crippen molar-refractivity contribution in [3.05, 3.63) is 46.1 Å². The number of pyridine rings is 1. The summed E-state index contributed by atoms with van der Waals surface area (Å²) in [6, 6.07) is 4.50. The van der Waals surface area contributed by atoms with Crippen LogP contribution in [0.2, 0.25) is 0 Å². The van der Waals surface area contributed by atoms with Gasteiger partial charge < -0.3 is 4.98 Å². The van der Waals surface area contributed by atoms with Crippen molar-refractivity contribution in [1.82, 2.24) is 4.98 Å². The van der Waals surface area contributed by atoms with Crippen molar-refractivity contribution in [2.75, 3.05) is 6.67 Å². The maximum absolute atomic E-state index is 13.8. The molecule has 17 heavy (non-hydrogen) atoms. The summed E-state index contributed by atoms with van der Waals surface area (Å²) in [5.41, 5.74) is -0.669. The molecule has 0 unspecified atom stereocenters. The molecular weight excluding hydrogens is 224 g/mol. The van der Waals surface area contributed by atoms with Crippen LogP contribution in [0.1, 0.15) is 19.4 Å². The number of nitrogens with one attached hydrogen (secondary N) is 1. The normalized spacial score (nSPS) is 12.0. The van der Waals surface area contributed by atoms with Crippen LogP contribution in [0.5, 0.6) is 0 Å². The Morgan fingerprint density at radius 2 is 2.06 bits per heavy atom. The second kappa shape index (κ2) is 3.95. The van der Waals surface area contributed by atoms with Crippen LogP contribution >= 0.6 is 0 Å². The minimum Gasteiger partial charge on any atom is -0.328 e. The maximum Gasteiger partial charge on any atom is 0.258 e. The van der Waals surface area contributed by atoms with Gasteiger partial charge in [-0.3, -0.25) is 9.18 Å². The van der Waals surface area contributed by atoms with E-state index in [1.54, 1.807) is 26.0 Å². The number of alkyl halides is 1. The molecule has 0 radical (unpaired) electrons. The Hall–Kier alpha value is -1.71. The highest BCUT2D eigenvalue weighted by atomic mass is 19.1. The molecule has 2 nitrogen and oxygen atoms in total. The number of halogens is 2. The molecule has 0 aliphatic rings. The third kappa shape index (κ3) is 1.95. The first-order valence-corrected chi connectivity index (χ1v) is 5.33. The van der Waals surface area contributed by atoms with Crippen molar-refractivity contribution >= 4 is 10.8 Å². The second-order valence-corrected chi connectivity index (χ2v) is 4.75. The van der Waals surface area contributed by atoms with E-state index in [-0.39, 0.29) is 5.39 Å². The molecule has 2 aromatic rings. The van der Waals surface area contributed by atoms with Gasteiger partial charge in [0, 0.05) is 11.6 Å². The minimum absolute atomic E-state index is 0.0194. The first kappa shape index (κ1) is 11.8. The summed E-state index contributed by atoms with van der Waals surface area (Å²) < 4.78 is 26.7. The van der Waals surface area contributed by atoms with E-state index in [9.17, 15) is 13.6 Å². The number of fused-ring (bicyclic) bond motifs is 1. The molecule has 90 valence electrons. The van der Waals surface area contributed by atoms with Gasteiger partial charge in [0.25, 0.3) is 5.56 Å². The lowest BCUT2D eigenvalue weighted by molar-refractivity contribution is 0.350. The molecule has 0 aliphatic heterocycles. The zero-order chi connectivity index (χ0) is 12.6. The Bertz CT molecular complexity index is 616. The predicted molar refractivity (Wildman–Crippen MR) is 63.5 cm³/mol. The number of hydrogen-bond acceptors (Lipinski definition) is 1. The highest BCUT2D eigenvalue weighted by Gasteiger charge is 2.22. The summed E-state index contributed by atoms with van der Waals surface area (Å²) in [5.74, 6) is -0.610. The van der Waals surface area contributed by atoms with Gasteiger partial charge in [-0.15, -0.1) is 0 Å². The van der Waals surface area contributed by atoms with E-state index in [0.717, 1.165) is 0 Å². The molecule has 1 heterocycles. The van der Waals surface area contributed by atoms with Gasteiger partial charge in [-0.05, 0) is 23.1 Å². The number of H-pyrrole nitrogens is 1. The van der Waals surface area contributed by atoms with Gasteiger partial charge in [0.2, 0.25) is 0 Å². The smallest absolute Gasteiger partial charge is 0.258 e. The summed E-state index contributed by atoms with van der Waals surface area (Å²) in [5, 5.41) is 0.510. The molecule has 1 aromatic carbocycles. The van der Waals surface area contributed by atoms with Gasteiger partial charge in [0.05, 0.1) is 12.1 Å². The van der Waals surface area contributed by atoms with Crippen molar-refractivity contribution in [1.29, 1.82) is 0 Å². The Morgan fingerprint density at radius 3 is 2.71 bits per heavy atom. The largest absolute Gasteiger partial charge is 0.328 e. The van der Waals surface area contributed by atoms with E-state index in [1.165, 1.54) is 12.3 Å². The SMILES string of the molecule is CC(C)(CF)c1cc(F)c2c(=O)[nH]ccc2c1. The second-order valence-electron chi connectivity index (χ2n) is 4.75. The van der Waals surface area contributed by atoms with Gasteiger partial charge in [0.1, 0.15) is 5.82 Å². The third-order valence-corrected chi connectivity index (χ3v) is 2.94. The quantitative estimate of drug-likeness (QED) is 0.855. The molecule has 2 rings (SSSR count). The van der Waals surface area contributed by atoms with Gasteiger partial charge in [0.15, 0.2) is 0 Å². The molecule has 0 aliphatic carbocycles. The molecule has 0 amide bonds. The molecule has 1 N–H and O–H groups in total. The fraction of sp³-hybridized carbons (Fsp3) is 0.308. The van der Waals surface area contributed by atoms with Crippen LogP contribution < -0.4 is 5.56 Å². The van der Waals surface area contributed by atoms with Crippen LogP contribution in [0, 0.1) is 5.82 Å². The molecular formula is C13H13F2NO. The highest BCUT2D eigenvalue weighted by molar-refractivity contribution is 5.82. The minimum atomic E-state index is -0.752. The third-order valence-electron chi connectivity index (χ3n) is 2.94. The Morgan fingerprint density at radius 1 is 1.35 bits per heavy atom. The predicted octanol–water partition coefficient (Wildman–Crippen LogP) is 2.91. The first-order valence-electron chi connectivity index (χ1n) is 5.33.